The number of hydrogen-bond acceptors (Lipinski definition) is 5. The fourth-order valence-corrected chi connectivity index (χ4v) is 3.09. The van der Waals surface area contributed by atoms with Gasteiger partial charge in [0.2, 0.25) is 12.2 Å². The zero-order valence-electron chi connectivity index (χ0n) is 12.8. The van der Waals surface area contributed by atoms with Crippen LogP contribution in [0.25, 0.3) is 32.7 Å². The lowest BCUT2D eigenvalue weighted by Gasteiger charge is -2.06. The van der Waals surface area contributed by atoms with Crippen LogP contribution in [-0.4, -0.2) is 13.9 Å². The third kappa shape index (κ3) is 1.78. The van der Waals surface area contributed by atoms with E-state index in [1.807, 2.05) is 30.3 Å². The number of rotatable bonds is 1. The molecule has 5 nitrogen and oxygen atoms in total. The molecule has 0 N–H and O–H groups in total. The largest absolute Gasteiger partial charge is 0.497 e. The maximum atomic E-state index is 12.9. The number of methoxy groups -OCH3 is 1. The van der Waals surface area contributed by atoms with Gasteiger partial charge >= 0.3 is 0 Å². The Bertz CT molecular complexity index is 1190. The minimum atomic E-state index is -0.0886. The zero-order chi connectivity index (χ0) is 16.3. The second-order valence-electron chi connectivity index (χ2n) is 5.69. The minimum Gasteiger partial charge on any atom is -0.497 e. The van der Waals surface area contributed by atoms with Crippen molar-refractivity contribution in [3.8, 4) is 17.2 Å². The van der Waals surface area contributed by atoms with Crippen molar-refractivity contribution in [1.82, 2.24) is 0 Å². The van der Waals surface area contributed by atoms with E-state index in [4.69, 9.17) is 18.6 Å². The maximum Gasteiger partial charge on any atom is 0.231 e. The van der Waals surface area contributed by atoms with Crippen molar-refractivity contribution in [2.24, 2.45) is 0 Å². The summed E-state index contributed by atoms with van der Waals surface area (Å²) in [5.74, 6) is 1.91. The van der Waals surface area contributed by atoms with E-state index >= 15 is 0 Å². The molecule has 0 radical (unpaired) electrons. The summed E-state index contributed by atoms with van der Waals surface area (Å²) in [4.78, 5) is 12.9. The molecule has 1 aromatic heterocycles. The number of ether oxygens (including phenoxy) is 3. The van der Waals surface area contributed by atoms with E-state index in [-0.39, 0.29) is 12.2 Å². The van der Waals surface area contributed by atoms with Crippen LogP contribution in [0.1, 0.15) is 0 Å². The fourth-order valence-electron chi connectivity index (χ4n) is 3.09. The molecule has 118 valence electrons. The smallest absolute Gasteiger partial charge is 0.231 e. The third-order valence-electron chi connectivity index (χ3n) is 4.33. The molecule has 1 aliphatic heterocycles. The lowest BCUT2D eigenvalue weighted by molar-refractivity contribution is 0.174. The highest BCUT2D eigenvalue weighted by Crippen LogP contribution is 2.36. The van der Waals surface area contributed by atoms with Gasteiger partial charge in [0.05, 0.1) is 17.9 Å². The van der Waals surface area contributed by atoms with Crippen LogP contribution in [0, 0.1) is 0 Å². The van der Waals surface area contributed by atoms with Gasteiger partial charge in [0, 0.05) is 6.07 Å². The summed E-state index contributed by atoms with van der Waals surface area (Å²) in [6.45, 7) is 0.156. The fraction of sp³-hybridized carbons (Fsp3) is 0.105. The van der Waals surface area contributed by atoms with Crippen molar-refractivity contribution >= 4 is 32.7 Å². The van der Waals surface area contributed by atoms with Gasteiger partial charge in [0.25, 0.3) is 0 Å². The zero-order valence-corrected chi connectivity index (χ0v) is 12.8. The predicted molar refractivity (Wildman–Crippen MR) is 90.2 cm³/mol. The highest BCUT2D eigenvalue weighted by Gasteiger charge is 2.18. The summed E-state index contributed by atoms with van der Waals surface area (Å²) in [7, 11) is 1.62. The Morgan fingerprint density at radius 3 is 2.46 bits per heavy atom. The summed E-state index contributed by atoms with van der Waals surface area (Å²) >= 11 is 0. The van der Waals surface area contributed by atoms with Gasteiger partial charge < -0.3 is 18.6 Å². The molecule has 4 aromatic rings. The van der Waals surface area contributed by atoms with Gasteiger partial charge in [-0.15, -0.1) is 0 Å². The van der Waals surface area contributed by atoms with E-state index < -0.39 is 0 Å². The first-order valence-corrected chi connectivity index (χ1v) is 7.51. The van der Waals surface area contributed by atoms with Crippen molar-refractivity contribution in [2.45, 2.75) is 0 Å². The van der Waals surface area contributed by atoms with Crippen LogP contribution in [0.5, 0.6) is 17.2 Å². The van der Waals surface area contributed by atoms with Crippen LogP contribution in [0.4, 0.5) is 0 Å². The van der Waals surface area contributed by atoms with Crippen LogP contribution in [0.3, 0.4) is 0 Å². The first kappa shape index (κ1) is 13.2. The highest BCUT2D eigenvalue weighted by atomic mass is 16.7. The first-order valence-electron chi connectivity index (χ1n) is 7.51. The average Bonchev–Trinajstić information content (AvgIpc) is 3.06. The molecule has 0 bridgehead atoms. The third-order valence-corrected chi connectivity index (χ3v) is 4.33. The molecule has 3 aromatic carbocycles. The average molecular weight is 320 g/mol. The topological polar surface area (TPSA) is 57.9 Å². The monoisotopic (exact) mass is 320 g/mol. The van der Waals surface area contributed by atoms with Crippen molar-refractivity contribution in [3.05, 3.63) is 52.7 Å². The van der Waals surface area contributed by atoms with Gasteiger partial charge in [0.15, 0.2) is 11.5 Å². The Balaban J connectivity index is 1.89. The Kier molecular flexibility index (Phi) is 2.56. The molecular formula is C19H12O5. The highest BCUT2D eigenvalue weighted by molar-refractivity contribution is 6.00. The Labute approximate surface area is 136 Å². The molecule has 5 heteroatoms. The van der Waals surface area contributed by atoms with E-state index in [1.165, 1.54) is 0 Å². The molecule has 0 fully saturated rings. The van der Waals surface area contributed by atoms with Gasteiger partial charge in [0.1, 0.15) is 16.9 Å². The molecule has 0 amide bonds. The molecule has 2 heterocycles. The van der Waals surface area contributed by atoms with Crippen LogP contribution < -0.4 is 19.6 Å². The first-order chi connectivity index (χ1) is 11.7. The minimum absolute atomic E-state index is 0.0886. The summed E-state index contributed by atoms with van der Waals surface area (Å²) in [6, 6.07) is 12.8. The number of hydrogen-bond donors (Lipinski definition) is 0. The molecule has 0 unspecified atom stereocenters. The van der Waals surface area contributed by atoms with Crippen LogP contribution in [0.2, 0.25) is 0 Å². The Morgan fingerprint density at radius 2 is 1.62 bits per heavy atom. The number of benzene rings is 3. The molecule has 0 spiro atoms. The molecular weight excluding hydrogens is 308 g/mol. The molecule has 0 atom stereocenters. The van der Waals surface area contributed by atoms with Crippen molar-refractivity contribution < 1.29 is 18.6 Å². The molecule has 24 heavy (non-hydrogen) atoms. The molecule has 0 saturated heterocycles. The van der Waals surface area contributed by atoms with Crippen LogP contribution in [0.15, 0.2) is 51.7 Å². The second-order valence-corrected chi connectivity index (χ2v) is 5.69. The van der Waals surface area contributed by atoms with Gasteiger partial charge in [-0.2, -0.15) is 0 Å². The van der Waals surface area contributed by atoms with Gasteiger partial charge in [-0.3, -0.25) is 4.79 Å². The van der Waals surface area contributed by atoms with E-state index in [9.17, 15) is 4.79 Å². The maximum absolute atomic E-state index is 12.9. The van der Waals surface area contributed by atoms with Crippen molar-refractivity contribution in [1.29, 1.82) is 0 Å². The summed E-state index contributed by atoms with van der Waals surface area (Å²) in [5.41, 5.74) is 0.947. The summed E-state index contributed by atoms with van der Waals surface area (Å²) in [5, 5.41) is 2.91. The summed E-state index contributed by atoms with van der Waals surface area (Å²) < 4.78 is 21.9. The van der Waals surface area contributed by atoms with E-state index in [1.54, 1.807) is 19.2 Å². The SMILES string of the molecule is COc1ccc2cc3oc4cc5c(cc4c(=O)c3cc2c1)OCO5. The van der Waals surface area contributed by atoms with Crippen molar-refractivity contribution in [2.75, 3.05) is 13.9 Å². The molecule has 0 saturated carbocycles. The van der Waals surface area contributed by atoms with E-state index in [0.717, 1.165) is 16.5 Å². The van der Waals surface area contributed by atoms with Crippen LogP contribution >= 0.6 is 0 Å². The summed E-state index contributed by atoms with van der Waals surface area (Å²) in [6.07, 6.45) is 0. The Hall–Kier alpha value is -3.21. The number of fused-ring (bicyclic) bond motifs is 4. The molecule has 5 rings (SSSR count). The lowest BCUT2D eigenvalue weighted by atomic mass is 10.1. The molecule has 0 aliphatic carbocycles. The standard InChI is InChI=1S/C19H12O5/c1-21-12-3-2-10-6-15-13(5-11(10)4-12)19(20)14-7-17-18(23-9-22-17)8-16(14)24-15/h2-8H,9H2,1H3. The Morgan fingerprint density at radius 1 is 0.875 bits per heavy atom. The normalized spacial score (nSPS) is 13.0. The van der Waals surface area contributed by atoms with Crippen molar-refractivity contribution in [3.63, 3.8) is 0 Å². The van der Waals surface area contributed by atoms with Gasteiger partial charge in [-0.1, -0.05) is 6.07 Å². The predicted octanol–water partition coefficient (Wildman–Crippen LogP) is 3.84. The van der Waals surface area contributed by atoms with E-state index in [2.05, 4.69) is 0 Å². The van der Waals surface area contributed by atoms with E-state index in [0.29, 0.717) is 33.4 Å². The van der Waals surface area contributed by atoms with Gasteiger partial charge in [-0.05, 0) is 41.1 Å². The molecule has 1 aliphatic rings. The quantitative estimate of drug-likeness (QED) is 0.499. The van der Waals surface area contributed by atoms with Gasteiger partial charge in [-0.25, -0.2) is 0 Å². The van der Waals surface area contributed by atoms with Crippen LogP contribution in [-0.2, 0) is 0 Å². The lowest BCUT2D eigenvalue weighted by Crippen LogP contribution is -2.02. The second kappa shape index (κ2) is 4.64.